The van der Waals surface area contributed by atoms with Crippen molar-refractivity contribution in [2.24, 2.45) is 47.3 Å². The van der Waals surface area contributed by atoms with Crippen LogP contribution in [0.3, 0.4) is 0 Å². The first-order valence-electron chi connectivity index (χ1n) is 32.0. The third-order valence-corrected chi connectivity index (χ3v) is 19.2. The minimum Gasteiger partial charge on any atom is -0.450 e. The summed E-state index contributed by atoms with van der Waals surface area (Å²) in [6.45, 7) is 29.1. The highest BCUT2D eigenvalue weighted by Gasteiger charge is 2.52. The summed E-state index contributed by atoms with van der Waals surface area (Å²) in [6.07, 6.45) is -0.555. The Kier molecular flexibility index (Phi) is 25.0. The molecule has 3 unspecified atom stereocenters. The number of nitrogens with zero attached hydrogens (tertiary/aromatic N) is 5. The van der Waals surface area contributed by atoms with Gasteiger partial charge in [-0.25, -0.2) is 4.79 Å². The van der Waals surface area contributed by atoms with Crippen LogP contribution < -0.4 is 10.8 Å². The van der Waals surface area contributed by atoms with Crippen LogP contribution in [0, 0.1) is 47.3 Å². The van der Waals surface area contributed by atoms with E-state index in [0.717, 1.165) is 10.4 Å². The summed E-state index contributed by atoms with van der Waals surface area (Å²) in [5, 5.41) is 14.8. The normalized spacial score (nSPS) is 27.4. The summed E-state index contributed by atoms with van der Waals surface area (Å²) in [4.78, 5) is 142. The zero-order chi connectivity index (χ0) is 66.2. The molecule has 0 aromatic heterocycles. The van der Waals surface area contributed by atoms with Gasteiger partial charge in [-0.3, -0.25) is 38.4 Å². The number of nitrogens with one attached hydrogen (secondary N) is 1. The van der Waals surface area contributed by atoms with Gasteiger partial charge in [0, 0.05) is 90.6 Å². The summed E-state index contributed by atoms with van der Waals surface area (Å²) < 4.78 is 18.8. The van der Waals surface area contributed by atoms with Crippen molar-refractivity contribution in [2.75, 3.05) is 41.3 Å². The van der Waals surface area contributed by atoms with E-state index in [1.807, 2.05) is 124 Å². The molecule has 6 amide bonds. The molecule has 3 aliphatic rings. The summed E-state index contributed by atoms with van der Waals surface area (Å²) in [5.41, 5.74) is -0.969. The van der Waals surface area contributed by atoms with E-state index in [9.17, 15) is 29.1 Å². The monoisotopic (exact) mass is 1220 g/mol. The predicted molar refractivity (Wildman–Crippen MR) is 339 cm³/mol. The molecule has 3 aliphatic heterocycles. The lowest BCUT2D eigenvalue weighted by atomic mass is 9.78. The van der Waals surface area contributed by atoms with Gasteiger partial charge >= 0.3 is 13.1 Å². The maximum atomic E-state index is 15.5. The van der Waals surface area contributed by atoms with Crippen LogP contribution in [-0.2, 0) is 70.0 Å². The Bertz CT molecular complexity index is 2770. The van der Waals surface area contributed by atoms with Crippen LogP contribution in [0.15, 0.2) is 54.6 Å². The number of hydrogen-bond acceptors (Lipinski definition) is 13. The summed E-state index contributed by atoms with van der Waals surface area (Å²) in [7, 11) is 5.20. The Labute approximate surface area is 525 Å². The third-order valence-electron chi connectivity index (χ3n) is 19.2. The fourth-order valence-corrected chi connectivity index (χ4v) is 12.8. The quantitative estimate of drug-likeness (QED) is 0.148. The van der Waals surface area contributed by atoms with Crippen LogP contribution in [0.2, 0.25) is 0 Å². The number of cyclic esters (lactones) is 1. The summed E-state index contributed by atoms with van der Waals surface area (Å²) in [6, 6.07) is 10.2. The average molecular weight is 1230 g/mol. The van der Waals surface area contributed by atoms with E-state index in [2.05, 4.69) is 5.32 Å². The molecule has 11 atom stereocenters. The van der Waals surface area contributed by atoms with Gasteiger partial charge in [0.25, 0.3) is 5.91 Å². The molecule has 488 valence electrons. The molecule has 2 bridgehead atoms. The first-order valence-corrected chi connectivity index (χ1v) is 32.0. The van der Waals surface area contributed by atoms with Gasteiger partial charge in [0.2, 0.25) is 29.5 Å². The SMILES string of the molecule is CCC(C)[C@@H]1CC(=O)[C@@H]2CCN(C2)C(=O)C(Cc2ccc(B3OC(C)(C)C(C)(C)O3)cc2)N(C)C(=O)[C@H](Cc2ccccc2)NC(=O)[C@H](C(C)C)N(C)C(=O)[C@@H](C(C)CC)OC(=O)[C@H](C(C)(C)O)N(C)C(=O)[C@H](CC(C)C)CC(=O)[C@H](C(C)C)N(C)C1=O. The first kappa shape index (κ1) is 72.8. The number of carbonyl (C=O) groups excluding carboxylic acids is 9. The van der Waals surface area contributed by atoms with Crippen molar-refractivity contribution in [1.29, 1.82) is 0 Å². The third kappa shape index (κ3) is 17.3. The Morgan fingerprint density at radius 3 is 1.70 bits per heavy atom. The Hall–Kier alpha value is -5.99. The van der Waals surface area contributed by atoms with Gasteiger partial charge in [-0.2, -0.15) is 0 Å². The fourth-order valence-electron chi connectivity index (χ4n) is 12.8. The number of amides is 6. The second-order valence-corrected chi connectivity index (χ2v) is 28.2. The second-order valence-electron chi connectivity index (χ2n) is 28.2. The second kappa shape index (κ2) is 30.2. The lowest BCUT2D eigenvalue weighted by molar-refractivity contribution is -0.178. The maximum Gasteiger partial charge on any atom is 0.494 e. The number of hydrogen-bond donors (Lipinski definition) is 2. The number of ether oxygens (including phenoxy) is 1. The van der Waals surface area contributed by atoms with Crippen molar-refractivity contribution in [3.63, 3.8) is 0 Å². The van der Waals surface area contributed by atoms with Crippen LogP contribution in [0.1, 0.15) is 160 Å². The molecule has 0 saturated carbocycles. The van der Waals surface area contributed by atoms with Gasteiger partial charge in [-0.15, -0.1) is 0 Å². The molecule has 3 heterocycles. The van der Waals surface area contributed by atoms with Crippen LogP contribution in [0.25, 0.3) is 0 Å². The molecule has 88 heavy (non-hydrogen) atoms. The number of carbonyl (C=O) groups is 9. The minimum atomic E-state index is -1.95. The van der Waals surface area contributed by atoms with Crippen molar-refractivity contribution < 1.29 is 62.3 Å². The minimum absolute atomic E-state index is 0.00471. The van der Waals surface area contributed by atoms with E-state index in [4.69, 9.17) is 14.0 Å². The maximum absolute atomic E-state index is 15.5. The Balaban J connectivity index is 1.67. The van der Waals surface area contributed by atoms with E-state index in [1.54, 1.807) is 39.6 Å². The fraction of sp³-hybridized carbons (Fsp3) is 0.691. The number of fused-ring (bicyclic) bond motifs is 2. The van der Waals surface area contributed by atoms with Crippen LogP contribution >= 0.6 is 0 Å². The number of ketones is 2. The number of likely N-dealkylation sites (N-methyl/N-ethyl adjacent to an activating group) is 4. The Morgan fingerprint density at radius 2 is 1.18 bits per heavy atom. The molecule has 2 aromatic carbocycles. The van der Waals surface area contributed by atoms with Crippen molar-refractivity contribution in [1.82, 2.24) is 29.8 Å². The van der Waals surface area contributed by atoms with Crippen molar-refractivity contribution in [3.8, 4) is 0 Å². The molecule has 3 saturated heterocycles. The molecule has 5 rings (SSSR count). The molecule has 2 aromatic rings. The number of rotatable bonds is 14. The zero-order valence-electron chi connectivity index (χ0n) is 56.5. The average Bonchev–Trinajstić information content (AvgIpc) is 2.02. The summed E-state index contributed by atoms with van der Waals surface area (Å²) in [5.74, 6) is -9.73. The van der Waals surface area contributed by atoms with E-state index >= 15 is 19.2 Å². The lowest BCUT2D eigenvalue weighted by Gasteiger charge is -2.39. The summed E-state index contributed by atoms with van der Waals surface area (Å²) >= 11 is 0. The van der Waals surface area contributed by atoms with Gasteiger partial charge in [-0.05, 0) is 101 Å². The van der Waals surface area contributed by atoms with Crippen molar-refractivity contribution >= 4 is 65.6 Å². The van der Waals surface area contributed by atoms with Crippen molar-refractivity contribution in [2.45, 2.75) is 215 Å². The molecular formula is C68H105BN6O13. The van der Waals surface area contributed by atoms with Gasteiger partial charge in [0.1, 0.15) is 23.9 Å². The smallest absolute Gasteiger partial charge is 0.450 e. The largest absolute Gasteiger partial charge is 0.494 e. The molecule has 0 radical (unpaired) electrons. The molecular weight excluding hydrogens is 1120 g/mol. The Morgan fingerprint density at radius 1 is 0.636 bits per heavy atom. The van der Waals surface area contributed by atoms with Crippen LogP contribution in [0.4, 0.5) is 0 Å². The molecule has 20 heteroatoms. The highest BCUT2D eigenvalue weighted by molar-refractivity contribution is 6.62. The lowest BCUT2D eigenvalue weighted by Crippen LogP contribution is -2.61. The van der Waals surface area contributed by atoms with E-state index in [1.165, 1.54) is 49.7 Å². The van der Waals surface area contributed by atoms with E-state index in [-0.39, 0.29) is 62.8 Å². The molecule has 19 nitrogen and oxygen atoms in total. The zero-order valence-corrected chi connectivity index (χ0v) is 56.5. The van der Waals surface area contributed by atoms with Crippen molar-refractivity contribution in [3.05, 3.63) is 65.7 Å². The first-order chi connectivity index (χ1) is 40.9. The number of esters is 1. The molecule has 2 N–H and O–H groups in total. The highest BCUT2D eigenvalue weighted by atomic mass is 16.7. The number of Topliss-reactive ketones (excluding diaryl/α,β-unsaturated/α-hetero) is 2. The van der Waals surface area contributed by atoms with E-state index in [0.29, 0.717) is 30.4 Å². The molecule has 0 aliphatic carbocycles. The van der Waals surface area contributed by atoms with Gasteiger partial charge in [0.05, 0.1) is 22.8 Å². The molecule has 3 fully saturated rings. The molecule has 0 spiro atoms. The van der Waals surface area contributed by atoms with Gasteiger partial charge in [-0.1, -0.05) is 130 Å². The predicted octanol–water partition coefficient (Wildman–Crippen LogP) is 6.71. The standard InChI is InChI=1S/C68H105BN6O13/c1-21-43(9)50-38-53(76)47-32-33-75(39-47)63(82)52(36-46-28-30-49(31-29-46)69-87-67(13,14)68(15,16)88-69)71(17)62(81)51(35-45-26-24-23-25-27-45)70-59(78)56(42(7)8)73(19)64(83)57(44(10)22-2)86-65(84)58(66(11,12)85)74(20)60(79)48(34-40(3)4)37-54(77)55(41(5)6)72(18)61(50)80/h23-31,40-44,47-48,50-52,55-58,85H,21-22,32-39H2,1-20H3,(H,70,78)/t43?,44?,47-,48-,50+,51+,52?,55+,56+,57-,58-/m1/s1. The topological polar surface area (TPSA) is 230 Å². The van der Waals surface area contributed by atoms with Gasteiger partial charge in [0.15, 0.2) is 17.9 Å². The number of benzene rings is 2. The van der Waals surface area contributed by atoms with Gasteiger partial charge < -0.3 is 49.0 Å². The highest BCUT2D eigenvalue weighted by Crippen LogP contribution is 2.37. The van der Waals surface area contributed by atoms with Crippen LogP contribution in [0.5, 0.6) is 0 Å². The van der Waals surface area contributed by atoms with E-state index < -0.39 is 143 Å². The van der Waals surface area contributed by atoms with Crippen LogP contribution in [-0.4, -0.2) is 184 Å². The number of aliphatic hydroxyl groups is 1.